The van der Waals surface area contributed by atoms with Gasteiger partial charge in [0, 0.05) is 0 Å². The Labute approximate surface area is 211 Å². The first kappa shape index (κ1) is 23.6. The fourth-order valence-corrected chi connectivity index (χ4v) is 5.36. The van der Waals surface area contributed by atoms with Gasteiger partial charge in [-0.25, -0.2) is 4.79 Å². The van der Waals surface area contributed by atoms with Gasteiger partial charge in [0.2, 0.25) is 0 Å². The maximum atomic E-state index is 13.2. The quantitative estimate of drug-likeness (QED) is 0.219. The molecule has 2 aromatic rings. The van der Waals surface area contributed by atoms with Gasteiger partial charge >= 0.3 is 5.97 Å². The Hall–Kier alpha value is -2.06. The van der Waals surface area contributed by atoms with Gasteiger partial charge in [0.05, 0.1) is 12.8 Å². The average Bonchev–Trinajstić information content (AvgIpc) is 2.67. The van der Waals surface area contributed by atoms with Crippen LogP contribution in [-0.4, -0.2) is 34.6 Å². The Morgan fingerprint density at radius 1 is 1.23 bits per heavy atom. The van der Waals surface area contributed by atoms with Crippen LogP contribution in [0, 0.1) is 21.0 Å². The van der Waals surface area contributed by atoms with E-state index in [1.807, 2.05) is 71.2 Å². The highest BCUT2D eigenvalue weighted by molar-refractivity contribution is 14.1. The number of aryl methyl sites for hydroxylation is 1. The fourth-order valence-electron chi connectivity index (χ4n) is 2.96. The van der Waals surface area contributed by atoms with Gasteiger partial charge in [-0.1, -0.05) is 12.1 Å². The Morgan fingerprint density at radius 2 is 1.87 bits per heavy atom. The number of anilines is 1. The number of ether oxygens (including phenoxy) is 1. The van der Waals surface area contributed by atoms with Crippen LogP contribution in [0.5, 0.6) is 5.75 Å². The molecule has 0 unspecified atom stereocenters. The van der Waals surface area contributed by atoms with E-state index in [0.717, 1.165) is 11.1 Å². The molecule has 0 radical (unpaired) electrons. The summed E-state index contributed by atoms with van der Waals surface area (Å²) in [5.74, 6) is -1.74. The number of aliphatic carboxylic acids is 1. The minimum absolute atomic E-state index is 0.0300. The van der Waals surface area contributed by atoms with Gasteiger partial charge in [0.15, 0.2) is 11.7 Å². The molecule has 3 rings (SSSR count). The van der Waals surface area contributed by atoms with Gasteiger partial charge in [-0.15, -0.1) is 0 Å². The molecule has 1 fully saturated rings. The van der Waals surface area contributed by atoms with Gasteiger partial charge in [-0.3, -0.25) is 19.8 Å². The van der Waals surface area contributed by atoms with E-state index < -0.39 is 24.4 Å². The number of hydrogen-bond acceptors (Lipinski definition) is 5. The van der Waals surface area contributed by atoms with Crippen molar-refractivity contribution >= 4 is 92.1 Å². The highest BCUT2D eigenvalue weighted by Crippen LogP contribution is 2.31. The Morgan fingerprint density at radius 3 is 2.48 bits per heavy atom. The molecule has 1 heterocycles. The van der Waals surface area contributed by atoms with Crippen molar-refractivity contribution in [2.24, 2.45) is 0 Å². The number of halogens is 2. The van der Waals surface area contributed by atoms with Gasteiger partial charge in [0.25, 0.3) is 11.8 Å². The van der Waals surface area contributed by atoms with Gasteiger partial charge < -0.3 is 9.84 Å². The molecule has 0 saturated carbocycles. The monoisotopic (exact) mass is 662 g/mol. The second kappa shape index (κ2) is 9.61. The fraction of sp³-hybridized carbons (Fsp3) is 0.143. The van der Waals surface area contributed by atoms with Crippen LogP contribution in [0.1, 0.15) is 16.7 Å². The lowest BCUT2D eigenvalue weighted by Crippen LogP contribution is -2.54. The molecule has 1 aliphatic heterocycles. The number of carboxylic acid groups (broad SMARTS) is 1. The summed E-state index contributed by atoms with van der Waals surface area (Å²) >= 11 is 9.31. The number of nitrogens with one attached hydrogen (secondary N) is 1. The Bertz CT molecular complexity index is 1140. The van der Waals surface area contributed by atoms with E-state index in [9.17, 15) is 14.4 Å². The third-order valence-electron chi connectivity index (χ3n) is 4.59. The van der Waals surface area contributed by atoms with Crippen molar-refractivity contribution in [1.82, 2.24) is 5.32 Å². The molecule has 160 valence electrons. The van der Waals surface area contributed by atoms with Crippen molar-refractivity contribution in [3.05, 3.63) is 59.7 Å². The molecule has 1 aliphatic rings. The van der Waals surface area contributed by atoms with Gasteiger partial charge in [-0.05, 0) is 112 Å². The van der Waals surface area contributed by atoms with Crippen molar-refractivity contribution < 1.29 is 24.2 Å². The van der Waals surface area contributed by atoms with Crippen molar-refractivity contribution in [2.75, 3.05) is 11.5 Å². The molecule has 2 amide bonds. The first-order chi connectivity index (χ1) is 14.6. The lowest BCUT2D eigenvalue weighted by molar-refractivity contribution is -0.139. The van der Waals surface area contributed by atoms with E-state index in [1.165, 1.54) is 11.0 Å². The molecule has 0 aliphatic carbocycles. The number of rotatable bonds is 5. The molecule has 2 N–H and O–H groups in total. The van der Waals surface area contributed by atoms with Crippen LogP contribution < -0.4 is 15.0 Å². The summed E-state index contributed by atoms with van der Waals surface area (Å²) in [6.45, 7) is 3.36. The van der Waals surface area contributed by atoms with Crippen molar-refractivity contribution in [1.29, 1.82) is 0 Å². The molecule has 31 heavy (non-hydrogen) atoms. The smallest absolute Gasteiger partial charge is 0.341 e. The topological polar surface area (TPSA) is 95.9 Å². The van der Waals surface area contributed by atoms with E-state index in [1.54, 1.807) is 18.2 Å². The molecular weight excluding hydrogens is 646 g/mol. The second-order valence-electron chi connectivity index (χ2n) is 6.67. The van der Waals surface area contributed by atoms with Crippen molar-refractivity contribution in [2.45, 2.75) is 13.8 Å². The van der Waals surface area contributed by atoms with Crippen LogP contribution in [0.25, 0.3) is 6.08 Å². The predicted molar refractivity (Wildman–Crippen MR) is 137 cm³/mol. The standard InChI is InChI=1S/C21H16I2N2O5S/c1-10-4-3-5-16(11(10)2)25-20(29)13(19(28)24-21(25)31)6-12-7-14(22)18(15(23)8-12)30-9-17(26)27/h3-8H,9H2,1-2H3,(H,26,27)(H,24,28,31)/b13-6+. The van der Waals surface area contributed by atoms with Crippen LogP contribution in [0.4, 0.5) is 5.69 Å². The first-order valence-electron chi connectivity index (χ1n) is 8.91. The highest BCUT2D eigenvalue weighted by atomic mass is 127. The summed E-state index contributed by atoms with van der Waals surface area (Å²) in [5, 5.41) is 11.4. The molecule has 0 bridgehead atoms. The van der Waals surface area contributed by atoms with Gasteiger partial charge in [0.1, 0.15) is 11.3 Å². The molecule has 7 nitrogen and oxygen atoms in total. The SMILES string of the molecule is Cc1cccc(N2C(=O)/C(=C/c3cc(I)c(OCC(=O)O)c(I)c3)C(=O)NC2=S)c1C. The molecule has 0 aromatic heterocycles. The summed E-state index contributed by atoms with van der Waals surface area (Å²) in [6, 6.07) is 8.96. The average molecular weight is 662 g/mol. The van der Waals surface area contributed by atoms with E-state index in [4.69, 9.17) is 22.1 Å². The molecule has 0 atom stereocenters. The molecule has 0 spiro atoms. The van der Waals surface area contributed by atoms with Crippen molar-refractivity contribution in [3.63, 3.8) is 0 Å². The van der Waals surface area contributed by atoms with E-state index >= 15 is 0 Å². The molecular formula is C21H16I2N2O5S. The third kappa shape index (κ3) is 5.06. The number of carbonyl (C=O) groups excluding carboxylic acids is 2. The predicted octanol–water partition coefficient (Wildman–Crippen LogP) is 3.81. The summed E-state index contributed by atoms with van der Waals surface area (Å²) in [7, 11) is 0. The lowest BCUT2D eigenvalue weighted by Gasteiger charge is -2.30. The normalized spacial score (nSPS) is 15.3. The van der Waals surface area contributed by atoms with Crippen LogP contribution in [-0.2, 0) is 14.4 Å². The minimum Gasteiger partial charge on any atom is -0.480 e. The number of thiocarbonyl (C=S) groups is 1. The molecule has 2 aromatic carbocycles. The first-order valence-corrected chi connectivity index (χ1v) is 11.5. The third-order valence-corrected chi connectivity index (χ3v) is 6.48. The van der Waals surface area contributed by atoms with Crippen LogP contribution in [0.2, 0.25) is 0 Å². The summed E-state index contributed by atoms with van der Waals surface area (Å²) in [6.07, 6.45) is 1.49. The Balaban J connectivity index is 2.00. The highest BCUT2D eigenvalue weighted by Gasteiger charge is 2.35. The second-order valence-corrected chi connectivity index (χ2v) is 9.38. The number of amides is 2. The van der Waals surface area contributed by atoms with E-state index in [2.05, 4.69) is 5.32 Å². The zero-order valence-corrected chi connectivity index (χ0v) is 21.5. The number of benzene rings is 2. The number of hydrogen-bond donors (Lipinski definition) is 2. The minimum atomic E-state index is -1.08. The van der Waals surface area contributed by atoms with Crippen LogP contribution in [0.3, 0.4) is 0 Å². The van der Waals surface area contributed by atoms with E-state index in [0.29, 0.717) is 24.1 Å². The van der Waals surface area contributed by atoms with Crippen molar-refractivity contribution in [3.8, 4) is 5.75 Å². The number of nitrogens with zero attached hydrogens (tertiary/aromatic N) is 1. The zero-order valence-electron chi connectivity index (χ0n) is 16.4. The Kier molecular flexibility index (Phi) is 7.31. The number of carboxylic acids is 1. The largest absolute Gasteiger partial charge is 0.480 e. The maximum Gasteiger partial charge on any atom is 0.341 e. The molecule has 1 saturated heterocycles. The summed E-state index contributed by atoms with van der Waals surface area (Å²) < 4.78 is 6.63. The van der Waals surface area contributed by atoms with E-state index in [-0.39, 0.29) is 10.7 Å². The summed E-state index contributed by atoms with van der Waals surface area (Å²) in [4.78, 5) is 37.9. The maximum absolute atomic E-state index is 13.2. The molecule has 10 heteroatoms. The lowest BCUT2D eigenvalue weighted by atomic mass is 10.0. The van der Waals surface area contributed by atoms with Gasteiger partial charge in [-0.2, -0.15) is 0 Å². The van der Waals surface area contributed by atoms with Crippen LogP contribution >= 0.6 is 57.4 Å². The summed E-state index contributed by atoms with van der Waals surface area (Å²) in [5.41, 5.74) is 3.04. The number of carbonyl (C=O) groups is 3. The zero-order chi connectivity index (χ0) is 22.9. The van der Waals surface area contributed by atoms with Crippen LogP contribution in [0.15, 0.2) is 35.9 Å².